The fourth-order valence-corrected chi connectivity index (χ4v) is 3.67. The van der Waals surface area contributed by atoms with Crippen molar-refractivity contribution >= 4 is 28.9 Å². The van der Waals surface area contributed by atoms with Crippen molar-refractivity contribution in [2.75, 3.05) is 16.6 Å². The second-order valence-electron chi connectivity index (χ2n) is 6.16. The largest absolute Gasteiger partial charge is 0.359 e. The Morgan fingerprint density at radius 2 is 2.22 bits per heavy atom. The van der Waals surface area contributed by atoms with Crippen LogP contribution < -0.4 is 27.0 Å². The number of benzene rings is 2. The Balaban J connectivity index is 1.80. The van der Waals surface area contributed by atoms with Crippen molar-refractivity contribution in [3.63, 3.8) is 0 Å². The molecule has 0 amide bonds. The monoisotopic (exact) mass is 378 g/mol. The van der Waals surface area contributed by atoms with E-state index in [0.717, 1.165) is 38.5 Å². The number of allylic oxidation sites excluding steroid dienone is 1. The summed E-state index contributed by atoms with van der Waals surface area (Å²) in [5.41, 5.74) is 15.3. The van der Waals surface area contributed by atoms with Crippen LogP contribution in [-0.4, -0.2) is 6.54 Å². The van der Waals surface area contributed by atoms with Crippen molar-refractivity contribution in [2.24, 2.45) is 11.6 Å². The molecule has 7 N–H and O–H groups in total. The number of hydrogen-bond acceptors (Lipinski definition) is 7. The lowest BCUT2D eigenvalue weighted by atomic mass is 9.96. The molecule has 0 spiro atoms. The highest BCUT2D eigenvalue weighted by Crippen LogP contribution is 2.36. The molecule has 0 saturated carbocycles. The van der Waals surface area contributed by atoms with Gasteiger partial charge in [0.2, 0.25) is 0 Å². The van der Waals surface area contributed by atoms with Crippen LogP contribution >= 0.6 is 11.9 Å². The summed E-state index contributed by atoms with van der Waals surface area (Å²) in [6.07, 6.45) is 4.13. The maximum absolute atomic E-state index is 9.15. The molecule has 138 valence electrons. The molecule has 0 fully saturated rings. The van der Waals surface area contributed by atoms with Gasteiger partial charge < -0.3 is 21.2 Å². The molecule has 2 aromatic carbocycles. The van der Waals surface area contributed by atoms with Crippen molar-refractivity contribution in [1.82, 2.24) is 5.43 Å². The normalized spacial score (nSPS) is 13.1. The highest BCUT2D eigenvalue weighted by Gasteiger charge is 2.16. The van der Waals surface area contributed by atoms with Gasteiger partial charge in [0.25, 0.3) is 0 Å². The number of nitrogens with one attached hydrogen (secondary N) is 3. The first-order valence-corrected chi connectivity index (χ1v) is 9.34. The zero-order valence-corrected chi connectivity index (χ0v) is 15.9. The number of nitrogens with zero attached hydrogens (tertiary/aromatic N) is 1. The van der Waals surface area contributed by atoms with Crippen molar-refractivity contribution in [2.45, 2.75) is 18.2 Å². The average molecular weight is 379 g/mol. The topological polar surface area (TPSA) is 112 Å². The average Bonchev–Trinajstić information content (AvgIpc) is 2.71. The van der Waals surface area contributed by atoms with Gasteiger partial charge in [-0.2, -0.15) is 5.26 Å². The number of fused-ring (bicyclic) bond motifs is 1. The minimum atomic E-state index is 0.398. The van der Waals surface area contributed by atoms with E-state index in [-0.39, 0.29) is 0 Å². The Kier molecular flexibility index (Phi) is 6.04. The summed E-state index contributed by atoms with van der Waals surface area (Å²) in [7, 11) is 0. The zero-order valence-electron chi connectivity index (χ0n) is 15.0. The van der Waals surface area contributed by atoms with Gasteiger partial charge in [-0.25, -0.2) is 0 Å². The number of aryl methyl sites for hydroxylation is 1. The Hall–Kier alpha value is -2.92. The predicted molar refractivity (Wildman–Crippen MR) is 112 cm³/mol. The lowest BCUT2D eigenvalue weighted by molar-refractivity contribution is 0.964. The fraction of sp³-hybridized carbons (Fsp3) is 0.150. The molecule has 0 radical (unpaired) electrons. The molecule has 2 aromatic rings. The summed E-state index contributed by atoms with van der Waals surface area (Å²) in [5, 5.41) is 12.4. The molecule has 7 heteroatoms. The van der Waals surface area contributed by atoms with E-state index in [1.54, 1.807) is 12.4 Å². The molecule has 0 bridgehead atoms. The van der Waals surface area contributed by atoms with Crippen molar-refractivity contribution in [3.8, 4) is 6.07 Å². The lowest BCUT2D eigenvalue weighted by Gasteiger charge is -2.21. The van der Waals surface area contributed by atoms with Crippen LogP contribution in [0, 0.1) is 18.3 Å². The first kappa shape index (κ1) is 18.9. The molecule has 0 saturated heterocycles. The molecule has 1 aliphatic rings. The van der Waals surface area contributed by atoms with Crippen molar-refractivity contribution < 1.29 is 0 Å². The molecule has 0 unspecified atom stereocenters. The molecule has 6 nitrogen and oxygen atoms in total. The second-order valence-corrected chi connectivity index (χ2v) is 7.04. The second kappa shape index (κ2) is 8.64. The Morgan fingerprint density at radius 1 is 1.37 bits per heavy atom. The molecule has 0 aromatic heterocycles. The van der Waals surface area contributed by atoms with E-state index in [4.69, 9.17) is 16.8 Å². The van der Waals surface area contributed by atoms with Gasteiger partial charge in [0.15, 0.2) is 0 Å². The summed E-state index contributed by atoms with van der Waals surface area (Å²) in [6.45, 7) is 2.46. The molecule has 3 rings (SSSR count). The van der Waals surface area contributed by atoms with Gasteiger partial charge in [-0.1, -0.05) is 18.2 Å². The van der Waals surface area contributed by atoms with Gasteiger partial charge in [0.1, 0.15) is 0 Å². The predicted octanol–water partition coefficient (Wildman–Crippen LogP) is 3.25. The van der Waals surface area contributed by atoms with Crippen LogP contribution in [0.25, 0.3) is 5.57 Å². The quantitative estimate of drug-likeness (QED) is 0.298. The SMILES string of the molecule is Cc1ccc(NSc2cccc(/C(=C/NN)CN)c2)c2c1CC(C#N)=CN2. The van der Waals surface area contributed by atoms with Crippen LogP contribution in [0.15, 0.2) is 59.3 Å². The van der Waals surface area contributed by atoms with Crippen molar-refractivity contribution in [1.29, 1.82) is 5.26 Å². The van der Waals surface area contributed by atoms with Crippen LogP contribution in [-0.2, 0) is 6.42 Å². The van der Waals surface area contributed by atoms with Crippen molar-refractivity contribution in [3.05, 3.63) is 71.1 Å². The van der Waals surface area contributed by atoms with E-state index in [1.807, 2.05) is 24.3 Å². The number of nitriles is 1. The van der Waals surface area contributed by atoms with Gasteiger partial charge in [0, 0.05) is 35.8 Å². The third-order valence-corrected chi connectivity index (χ3v) is 5.22. The van der Waals surface area contributed by atoms with Gasteiger partial charge in [-0.05, 0) is 59.3 Å². The fourth-order valence-electron chi connectivity index (χ4n) is 2.94. The van der Waals surface area contributed by atoms with Gasteiger partial charge >= 0.3 is 0 Å². The first-order chi connectivity index (χ1) is 13.2. The maximum Gasteiger partial charge on any atom is 0.0965 e. The molecule has 1 aliphatic heterocycles. The highest BCUT2D eigenvalue weighted by atomic mass is 32.2. The Labute approximate surface area is 163 Å². The molecule has 0 atom stereocenters. The summed E-state index contributed by atoms with van der Waals surface area (Å²) in [4.78, 5) is 1.06. The summed E-state index contributed by atoms with van der Waals surface area (Å²) in [5.74, 6) is 5.38. The van der Waals surface area contributed by atoms with Gasteiger partial charge in [-0.15, -0.1) is 0 Å². The molecular formula is C20H22N6S. The first-order valence-electron chi connectivity index (χ1n) is 8.53. The number of hydrazine groups is 1. The lowest BCUT2D eigenvalue weighted by Crippen LogP contribution is -2.16. The van der Waals surface area contributed by atoms with Crippen LogP contribution in [0.3, 0.4) is 0 Å². The standard InChI is InChI=1S/C20H22N6S/c1-13-5-6-19(20-18(13)7-14(9-21)11-24-20)26-27-17-4-2-3-15(8-17)16(10-22)12-25-23/h2-6,8,11-12,24-26H,7,10,22-23H2,1H3/b16-12+. The smallest absolute Gasteiger partial charge is 0.0965 e. The highest BCUT2D eigenvalue weighted by molar-refractivity contribution is 8.00. The Morgan fingerprint density at radius 3 is 2.96 bits per heavy atom. The van der Waals surface area contributed by atoms with Gasteiger partial charge in [0.05, 0.1) is 17.4 Å². The van der Waals surface area contributed by atoms with E-state index in [2.05, 4.69) is 40.6 Å². The summed E-state index contributed by atoms with van der Waals surface area (Å²) in [6, 6.07) is 14.4. The van der Waals surface area contributed by atoms with Gasteiger partial charge in [-0.3, -0.25) is 5.84 Å². The third-order valence-electron chi connectivity index (χ3n) is 4.41. The molecule has 27 heavy (non-hydrogen) atoms. The van der Waals surface area contributed by atoms with Crippen LogP contribution in [0.1, 0.15) is 16.7 Å². The number of rotatable bonds is 6. The van der Waals surface area contributed by atoms with E-state index >= 15 is 0 Å². The third kappa shape index (κ3) is 4.26. The molecular weight excluding hydrogens is 356 g/mol. The minimum absolute atomic E-state index is 0.398. The van der Waals surface area contributed by atoms with E-state index < -0.39 is 0 Å². The number of nitrogens with two attached hydrogens (primary N) is 2. The molecule has 1 heterocycles. The summed E-state index contributed by atoms with van der Waals surface area (Å²) >= 11 is 1.52. The van der Waals surface area contributed by atoms with Crippen LogP contribution in [0.4, 0.5) is 11.4 Å². The Bertz CT molecular complexity index is 942. The van der Waals surface area contributed by atoms with E-state index in [0.29, 0.717) is 13.0 Å². The van der Waals surface area contributed by atoms with E-state index in [9.17, 15) is 0 Å². The van der Waals surface area contributed by atoms with Crippen LogP contribution in [0.5, 0.6) is 0 Å². The number of hydrogen-bond donors (Lipinski definition) is 5. The minimum Gasteiger partial charge on any atom is -0.359 e. The van der Waals surface area contributed by atoms with E-state index in [1.165, 1.54) is 17.5 Å². The van der Waals surface area contributed by atoms with Crippen LogP contribution in [0.2, 0.25) is 0 Å². The maximum atomic E-state index is 9.15. The zero-order chi connectivity index (χ0) is 19.2. The summed E-state index contributed by atoms with van der Waals surface area (Å²) < 4.78 is 3.42. The number of anilines is 2. The molecule has 0 aliphatic carbocycles.